The van der Waals surface area contributed by atoms with E-state index in [9.17, 15) is 24.3 Å². The van der Waals surface area contributed by atoms with Gasteiger partial charge >= 0.3 is 5.97 Å². The molecule has 1 aromatic heterocycles. The quantitative estimate of drug-likeness (QED) is 0.432. The fourth-order valence-electron chi connectivity index (χ4n) is 2.74. The molecule has 2 atom stereocenters. The van der Waals surface area contributed by atoms with E-state index in [0.717, 1.165) is 4.90 Å². The maximum absolute atomic E-state index is 12.4. The molecule has 1 saturated heterocycles. The van der Waals surface area contributed by atoms with E-state index in [-0.39, 0.29) is 17.7 Å². The number of rotatable bonds is 6. The molecule has 1 aromatic rings. The molecule has 0 saturated carbocycles. The standard InChI is InChI=1S/C15H15N3O7S/c1-24-17-12(20)8-6-26-14-10(13(21)18(14)11(8)15(22)23)16-9(19)5-7-3-2-4-25-7/h2-4,10,14H,5-6H2,1H3,(H,16,19)(H,17,20)(H,22,23)/t10?,14-/m1/s1. The number of nitrogens with zero attached hydrogens (tertiary/aromatic N) is 1. The molecule has 0 bridgehead atoms. The van der Waals surface area contributed by atoms with Crippen molar-refractivity contribution in [2.24, 2.45) is 0 Å². The number of hydrogen-bond donors (Lipinski definition) is 3. The monoisotopic (exact) mass is 381 g/mol. The van der Waals surface area contributed by atoms with Crippen LogP contribution in [0.5, 0.6) is 0 Å². The van der Waals surface area contributed by atoms with Crippen LogP contribution in [0, 0.1) is 0 Å². The zero-order chi connectivity index (χ0) is 18.8. The molecule has 0 radical (unpaired) electrons. The molecule has 26 heavy (non-hydrogen) atoms. The lowest BCUT2D eigenvalue weighted by atomic mass is 10.0. The number of aliphatic carboxylic acids is 1. The highest BCUT2D eigenvalue weighted by Crippen LogP contribution is 2.40. The summed E-state index contributed by atoms with van der Waals surface area (Å²) in [6.07, 6.45) is 1.41. The number of thioether (sulfide) groups is 1. The van der Waals surface area contributed by atoms with Crippen molar-refractivity contribution in [3.05, 3.63) is 35.4 Å². The van der Waals surface area contributed by atoms with Gasteiger partial charge in [0, 0.05) is 5.75 Å². The normalized spacial score (nSPS) is 21.7. The zero-order valence-corrected chi connectivity index (χ0v) is 14.4. The summed E-state index contributed by atoms with van der Waals surface area (Å²) in [6, 6.07) is 2.42. The largest absolute Gasteiger partial charge is 0.477 e. The first-order valence-electron chi connectivity index (χ1n) is 7.50. The number of amides is 3. The lowest BCUT2D eigenvalue weighted by molar-refractivity contribution is -0.151. The van der Waals surface area contributed by atoms with E-state index in [0.29, 0.717) is 5.76 Å². The molecule has 1 unspecified atom stereocenters. The first-order chi connectivity index (χ1) is 12.4. The summed E-state index contributed by atoms with van der Waals surface area (Å²) >= 11 is 1.19. The van der Waals surface area contributed by atoms with E-state index >= 15 is 0 Å². The summed E-state index contributed by atoms with van der Waals surface area (Å²) in [7, 11) is 1.22. The highest BCUT2D eigenvalue weighted by molar-refractivity contribution is 8.00. The van der Waals surface area contributed by atoms with Crippen molar-refractivity contribution in [2.75, 3.05) is 12.9 Å². The van der Waals surface area contributed by atoms with Gasteiger partial charge in [0.2, 0.25) is 5.91 Å². The van der Waals surface area contributed by atoms with Gasteiger partial charge in [-0.2, -0.15) is 0 Å². The highest BCUT2D eigenvalue weighted by Gasteiger charge is 2.54. The summed E-state index contributed by atoms with van der Waals surface area (Å²) in [5.41, 5.74) is 1.58. The topological polar surface area (TPSA) is 138 Å². The first-order valence-corrected chi connectivity index (χ1v) is 8.55. The molecule has 2 aliphatic rings. The Kier molecular flexibility index (Phi) is 5.00. The van der Waals surface area contributed by atoms with Crippen LogP contribution in [0.4, 0.5) is 0 Å². The van der Waals surface area contributed by atoms with Crippen molar-refractivity contribution in [2.45, 2.75) is 17.8 Å². The third kappa shape index (κ3) is 3.18. The average Bonchev–Trinajstić information content (AvgIpc) is 3.11. The molecular weight excluding hydrogens is 366 g/mol. The Balaban J connectivity index is 1.73. The van der Waals surface area contributed by atoms with Gasteiger partial charge in [-0.25, -0.2) is 10.3 Å². The van der Waals surface area contributed by atoms with Gasteiger partial charge in [-0.05, 0) is 12.1 Å². The van der Waals surface area contributed by atoms with E-state index in [1.807, 2.05) is 0 Å². The van der Waals surface area contributed by atoms with E-state index in [1.54, 1.807) is 12.1 Å². The molecule has 3 heterocycles. The molecule has 11 heteroatoms. The molecule has 3 amide bonds. The van der Waals surface area contributed by atoms with E-state index < -0.39 is 40.8 Å². The Labute approximate surface area is 151 Å². The highest BCUT2D eigenvalue weighted by atomic mass is 32.2. The number of β-lactam (4-membered cyclic amide) rings is 1. The second-order valence-corrected chi connectivity index (χ2v) is 6.58. The van der Waals surface area contributed by atoms with E-state index in [1.165, 1.54) is 25.1 Å². The lowest BCUT2D eigenvalue weighted by Gasteiger charge is -2.49. The van der Waals surface area contributed by atoms with Crippen LogP contribution in [-0.4, -0.2) is 58.0 Å². The molecule has 3 rings (SSSR count). The number of carboxylic acid groups (broad SMARTS) is 1. The van der Waals surface area contributed by atoms with E-state index in [4.69, 9.17) is 4.42 Å². The predicted molar refractivity (Wildman–Crippen MR) is 87.2 cm³/mol. The molecule has 138 valence electrons. The SMILES string of the molecule is CONC(=O)C1=C(C(=O)O)N2C(=O)C(NC(=O)Cc3ccco3)[C@H]2SC1. The fraction of sp³-hybridized carbons (Fsp3) is 0.333. The van der Waals surface area contributed by atoms with Crippen LogP contribution in [-0.2, 0) is 30.4 Å². The maximum Gasteiger partial charge on any atom is 0.353 e. The minimum Gasteiger partial charge on any atom is -0.477 e. The van der Waals surface area contributed by atoms with Crippen molar-refractivity contribution in [3.8, 4) is 0 Å². The van der Waals surface area contributed by atoms with Gasteiger partial charge in [-0.1, -0.05) is 0 Å². The van der Waals surface area contributed by atoms with Crippen molar-refractivity contribution >= 4 is 35.5 Å². The van der Waals surface area contributed by atoms with Crippen molar-refractivity contribution < 1.29 is 33.5 Å². The predicted octanol–water partition coefficient (Wildman–Crippen LogP) is -0.762. The third-order valence-electron chi connectivity index (χ3n) is 3.87. The van der Waals surface area contributed by atoms with Gasteiger partial charge in [-0.15, -0.1) is 11.8 Å². The van der Waals surface area contributed by atoms with Crippen LogP contribution < -0.4 is 10.8 Å². The Morgan fingerprint density at radius 2 is 2.23 bits per heavy atom. The van der Waals surface area contributed by atoms with Crippen molar-refractivity contribution in [1.82, 2.24) is 15.7 Å². The van der Waals surface area contributed by atoms with Gasteiger partial charge in [-0.3, -0.25) is 24.1 Å². The Hall–Kier alpha value is -2.79. The second kappa shape index (κ2) is 7.22. The van der Waals surface area contributed by atoms with E-state index in [2.05, 4.69) is 15.6 Å². The Morgan fingerprint density at radius 3 is 2.85 bits per heavy atom. The minimum absolute atomic E-state index is 0.0305. The fourth-order valence-corrected chi connectivity index (χ4v) is 4.08. The number of carbonyl (C=O) groups is 4. The second-order valence-electron chi connectivity index (χ2n) is 5.48. The Morgan fingerprint density at radius 1 is 1.46 bits per heavy atom. The summed E-state index contributed by atoms with van der Waals surface area (Å²) in [5.74, 6) is -2.61. The van der Waals surface area contributed by atoms with Gasteiger partial charge in [0.25, 0.3) is 11.8 Å². The number of hydroxylamine groups is 1. The summed E-state index contributed by atoms with van der Waals surface area (Å²) in [5, 5.41) is 11.4. The smallest absolute Gasteiger partial charge is 0.353 e. The third-order valence-corrected chi connectivity index (χ3v) is 5.15. The van der Waals surface area contributed by atoms with Crippen molar-refractivity contribution in [3.63, 3.8) is 0 Å². The van der Waals surface area contributed by atoms with Crippen LogP contribution in [0.1, 0.15) is 5.76 Å². The van der Waals surface area contributed by atoms with Crippen LogP contribution in [0.15, 0.2) is 34.1 Å². The van der Waals surface area contributed by atoms with Gasteiger partial charge in [0.05, 0.1) is 25.4 Å². The summed E-state index contributed by atoms with van der Waals surface area (Å²) in [4.78, 5) is 53.5. The maximum atomic E-state index is 12.4. The van der Waals surface area contributed by atoms with Gasteiger partial charge in [0.1, 0.15) is 22.9 Å². The average molecular weight is 381 g/mol. The number of carboxylic acids is 1. The molecule has 0 spiro atoms. The summed E-state index contributed by atoms with van der Waals surface area (Å²) < 4.78 is 5.08. The molecule has 2 aliphatic heterocycles. The summed E-state index contributed by atoms with van der Waals surface area (Å²) in [6.45, 7) is 0. The lowest BCUT2D eigenvalue weighted by Crippen LogP contribution is -2.71. The van der Waals surface area contributed by atoms with Crippen LogP contribution in [0.3, 0.4) is 0 Å². The number of carbonyl (C=O) groups excluding carboxylic acids is 3. The Bertz CT molecular complexity index is 789. The molecule has 10 nitrogen and oxygen atoms in total. The van der Waals surface area contributed by atoms with Crippen LogP contribution in [0.25, 0.3) is 0 Å². The molecular formula is C15H15N3O7S. The number of hydrogen-bond acceptors (Lipinski definition) is 7. The minimum atomic E-state index is -1.40. The van der Waals surface area contributed by atoms with Crippen molar-refractivity contribution in [1.29, 1.82) is 0 Å². The molecule has 3 N–H and O–H groups in total. The molecule has 0 aromatic carbocycles. The number of fused-ring (bicyclic) bond motifs is 1. The van der Waals surface area contributed by atoms with Gasteiger partial charge in [0.15, 0.2) is 0 Å². The number of furan rings is 1. The van der Waals surface area contributed by atoms with Gasteiger partial charge < -0.3 is 14.8 Å². The van der Waals surface area contributed by atoms with Crippen LogP contribution in [0.2, 0.25) is 0 Å². The molecule has 0 aliphatic carbocycles. The van der Waals surface area contributed by atoms with Crippen LogP contribution >= 0.6 is 11.8 Å². The number of nitrogens with one attached hydrogen (secondary N) is 2. The molecule has 1 fully saturated rings. The first kappa shape index (κ1) is 18.0. The zero-order valence-electron chi connectivity index (χ0n) is 13.6.